The van der Waals surface area contributed by atoms with Crippen molar-refractivity contribution < 1.29 is 14.3 Å². The third kappa shape index (κ3) is 3.55. The number of amides is 1. The van der Waals surface area contributed by atoms with Crippen LogP contribution in [0.1, 0.15) is 51.9 Å². The average Bonchev–Trinajstić information content (AvgIpc) is 2.77. The lowest BCUT2D eigenvalue weighted by Crippen LogP contribution is -2.39. The van der Waals surface area contributed by atoms with E-state index in [1.54, 1.807) is 6.92 Å². The Hall–Kier alpha value is -0.900. The second-order valence-corrected chi connectivity index (χ2v) is 5.48. The van der Waals surface area contributed by atoms with Gasteiger partial charge in [-0.1, -0.05) is 0 Å². The summed E-state index contributed by atoms with van der Waals surface area (Å²) < 4.78 is 5.61. The van der Waals surface area contributed by atoms with E-state index >= 15 is 0 Å². The van der Waals surface area contributed by atoms with Crippen LogP contribution in [0, 0.1) is 0 Å². The first kappa shape index (κ1) is 13.5. The molecule has 18 heavy (non-hydrogen) atoms. The van der Waals surface area contributed by atoms with Crippen molar-refractivity contribution in [2.45, 2.75) is 64.0 Å². The van der Waals surface area contributed by atoms with Gasteiger partial charge in [-0.25, -0.2) is 0 Å². The van der Waals surface area contributed by atoms with Gasteiger partial charge in [0.25, 0.3) is 0 Å². The molecule has 2 atom stereocenters. The number of likely N-dealkylation sites (tertiary alicyclic amines) is 1. The number of rotatable bonds is 4. The van der Waals surface area contributed by atoms with E-state index in [2.05, 4.69) is 0 Å². The smallest absolute Gasteiger partial charge is 0.225 e. The maximum absolute atomic E-state index is 12.2. The Kier molecular flexibility index (Phi) is 4.75. The monoisotopic (exact) mass is 253 g/mol. The molecule has 1 amide bonds. The number of ketones is 1. The molecule has 0 aliphatic carbocycles. The highest BCUT2D eigenvalue weighted by Gasteiger charge is 2.31. The van der Waals surface area contributed by atoms with Gasteiger partial charge in [-0.05, 0) is 39.0 Å². The quantitative estimate of drug-likeness (QED) is 0.769. The van der Waals surface area contributed by atoms with Crippen LogP contribution in [-0.2, 0) is 14.3 Å². The van der Waals surface area contributed by atoms with Gasteiger partial charge in [-0.15, -0.1) is 0 Å². The zero-order valence-corrected chi connectivity index (χ0v) is 11.2. The lowest BCUT2D eigenvalue weighted by molar-refractivity contribution is -0.136. The molecule has 102 valence electrons. The van der Waals surface area contributed by atoms with Gasteiger partial charge in [0.2, 0.25) is 5.91 Å². The van der Waals surface area contributed by atoms with E-state index in [0.717, 1.165) is 45.3 Å². The molecule has 0 aromatic rings. The number of carbonyl (C=O) groups excluding carboxylic acids is 2. The zero-order chi connectivity index (χ0) is 13.0. The van der Waals surface area contributed by atoms with E-state index in [1.165, 1.54) is 0 Å². The molecule has 0 radical (unpaired) electrons. The highest BCUT2D eigenvalue weighted by atomic mass is 16.5. The highest BCUT2D eigenvalue weighted by molar-refractivity contribution is 5.80. The third-order valence-electron chi connectivity index (χ3n) is 3.90. The van der Waals surface area contributed by atoms with E-state index in [1.807, 2.05) is 4.90 Å². The van der Waals surface area contributed by atoms with Crippen molar-refractivity contribution in [3.05, 3.63) is 0 Å². The largest absolute Gasteiger partial charge is 0.378 e. The van der Waals surface area contributed by atoms with Gasteiger partial charge in [0, 0.05) is 25.6 Å². The van der Waals surface area contributed by atoms with Gasteiger partial charge in [0.15, 0.2) is 0 Å². The lowest BCUT2D eigenvalue weighted by Gasteiger charge is -2.28. The molecule has 0 saturated carbocycles. The Morgan fingerprint density at radius 2 is 2.00 bits per heavy atom. The molecule has 0 spiro atoms. The lowest BCUT2D eigenvalue weighted by atomic mass is 10.0. The van der Waals surface area contributed by atoms with E-state index in [4.69, 9.17) is 4.74 Å². The number of nitrogens with zero attached hydrogens (tertiary/aromatic N) is 1. The minimum absolute atomic E-state index is 0.102. The number of hydrogen-bond donors (Lipinski definition) is 0. The first-order valence-electron chi connectivity index (χ1n) is 7.07. The Bertz CT molecular complexity index is 310. The Labute approximate surface area is 109 Å². The molecule has 2 aliphatic heterocycles. The fraction of sp³-hybridized carbons (Fsp3) is 0.857. The molecule has 4 nitrogen and oxygen atoms in total. The molecule has 0 N–H and O–H groups in total. The standard InChI is InChI=1S/C14H23NO3/c1-11(16)9-12-5-4-7-15(12)14(17)10-13-6-2-3-8-18-13/h12-13H,2-10H2,1H3. The summed E-state index contributed by atoms with van der Waals surface area (Å²) in [4.78, 5) is 25.3. The predicted octanol–water partition coefficient (Wildman–Crippen LogP) is 1.92. The minimum Gasteiger partial charge on any atom is -0.378 e. The zero-order valence-electron chi connectivity index (χ0n) is 11.2. The fourth-order valence-electron chi connectivity index (χ4n) is 2.99. The van der Waals surface area contributed by atoms with Crippen LogP contribution in [0.25, 0.3) is 0 Å². The Morgan fingerprint density at radius 3 is 2.67 bits per heavy atom. The second-order valence-electron chi connectivity index (χ2n) is 5.48. The SMILES string of the molecule is CC(=O)CC1CCCN1C(=O)CC1CCCCO1. The molecule has 0 aromatic heterocycles. The summed E-state index contributed by atoms with van der Waals surface area (Å²) in [6, 6.07) is 0.138. The molecular weight excluding hydrogens is 230 g/mol. The van der Waals surface area contributed by atoms with Crippen LogP contribution < -0.4 is 0 Å². The summed E-state index contributed by atoms with van der Waals surface area (Å²) in [5, 5.41) is 0. The molecule has 2 fully saturated rings. The normalized spacial score (nSPS) is 28.4. The van der Waals surface area contributed by atoms with Crippen LogP contribution in [0.2, 0.25) is 0 Å². The molecule has 0 aromatic carbocycles. The van der Waals surface area contributed by atoms with Crippen molar-refractivity contribution in [2.24, 2.45) is 0 Å². The van der Waals surface area contributed by atoms with E-state index in [0.29, 0.717) is 12.8 Å². The van der Waals surface area contributed by atoms with Crippen molar-refractivity contribution in [1.29, 1.82) is 0 Å². The molecule has 2 saturated heterocycles. The average molecular weight is 253 g/mol. The maximum Gasteiger partial charge on any atom is 0.225 e. The summed E-state index contributed by atoms with van der Waals surface area (Å²) in [5.74, 6) is 0.347. The van der Waals surface area contributed by atoms with Crippen molar-refractivity contribution in [3.8, 4) is 0 Å². The molecular formula is C14H23NO3. The number of Topliss-reactive ketones (excluding diaryl/α,β-unsaturated/α-hetero) is 1. The molecule has 2 heterocycles. The van der Waals surface area contributed by atoms with Crippen molar-refractivity contribution in [2.75, 3.05) is 13.2 Å². The molecule has 4 heteroatoms. The summed E-state index contributed by atoms with van der Waals surface area (Å²) in [6.07, 6.45) is 6.37. The van der Waals surface area contributed by atoms with Gasteiger partial charge in [0.1, 0.15) is 5.78 Å². The first-order valence-corrected chi connectivity index (χ1v) is 7.07. The van der Waals surface area contributed by atoms with Crippen LogP contribution in [0.5, 0.6) is 0 Å². The fourth-order valence-corrected chi connectivity index (χ4v) is 2.99. The number of ether oxygens (including phenoxy) is 1. The van der Waals surface area contributed by atoms with Crippen LogP contribution in [0.3, 0.4) is 0 Å². The Balaban J connectivity index is 1.84. The van der Waals surface area contributed by atoms with E-state index in [9.17, 15) is 9.59 Å². The highest BCUT2D eigenvalue weighted by Crippen LogP contribution is 2.23. The first-order chi connectivity index (χ1) is 8.66. The van der Waals surface area contributed by atoms with Gasteiger partial charge in [0.05, 0.1) is 12.5 Å². The van der Waals surface area contributed by atoms with Crippen LogP contribution in [0.15, 0.2) is 0 Å². The van der Waals surface area contributed by atoms with Crippen molar-refractivity contribution in [1.82, 2.24) is 4.90 Å². The molecule has 2 rings (SSSR count). The van der Waals surface area contributed by atoms with Crippen molar-refractivity contribution >= 4 is 11.7 Å². The predicted molar refractivity (Wildman–Crippen MR) is 68.2 cm³/mol. The van der Waals surface area contributed by atoms with Crippen LogP contribution >= 0.6 is 0 Å². The Morgan fingerprint density at radius 1 is 1.17 bits per heavy atom. The third-order valence-corrected chi connectivity index (χ3v) is 3.90. The van der Waals surface area contributed by atoms with Gasteiger partial charge in [-0.2, -0.15) is 0 Å². The summed E-state index contributed by atoms with van der Waals surface area (Å²) in [6.45, 7) is 3.20. The van der Waals surface area contributed by atoms with Gasteiger partial charge >= 0.3 is 0 Å². The van der Waals surface area contributed by atoms with Gasteiger partial charge < -0.3 is 9.64 Å². The molecule has 2 unspecified atom stereocenters. The van der Waals surface area contributed by atoms with Crippen molar-refractivity contribution in [3.63, 3.8) is 0 Å². The summed E-state index contributed by atoms with van der Waals surface area (Å²) >= 11 is 0. The minimum atomic E-state index is 0.102. The molecule has 0 bridgehead atoms. The number of carbonyl (C=O) groups is 2. The summed E-state index contributed by atoms with van der Waals surface area (Å²) in [5.41, 5.74) is 0. The topological polar surface area (TPSA) is 46.6 Å². The number of hydrogen-bond acceptors (Lipinski definition) is 3. The van der Waals surface area contributed by atoms with E-state index < -0.39 is 0 Å². The summed E-state index contributed by atoms with van der Waals surface area (Å²) in [7, 11) is 0. The van der Waals surface area contributed by atoms with Crippen LogP contribution in [0.4, 0.5) is 0 Å². The molecule has 2 aliphatic rings. The van der Waals surface area contributed by atoms with Gasteiger partial charge in [-0.3, -0.25) is 9.59 Å². The van der Waals surface area contributed by atoms with E-state index in [-0.39, 0.29) is 23.8 Å². The maximum atomic E-state index is 12.2. The van der Waals surface area contributed by atoms with Crippen LogP contribution in [-0.4, -0.2) is 41.9 Å². The second kappa shape index (κ2) is 6.32.